The van der Waals surface area contributed by atoms with Gasteiger partial charge >= 0.3 is 0 Å². The number of nitrogens with zero attached hydrogens (tertiary/aromatic N) is 1. The average molecular weight is 252 g/mol. The Morgan fingerprint density at radius 2 is 1.79 bits per heavy atom. The van der Waals surface area contributed by atoms with Crippen molar-refractivity contribution in [2.24, 2.45) is 0 Å². The highest BCUT2D eigenvalue weighted by Crippen LogP contribution is 2.34. The van der Waals surface area contributed by atoms with Gasteiger partial charge in [-0.05, 0) is 10.8 Å². The Kier molecular flexibility index (Phi) is 2.75. The van der Waals surface area contributed by atoms with E-state index in [4.69, 9.17) is 10.2 Å². The Morgan fingerprint density at radius 3 is 2.58 bits per heavy atom. The van der Waals surface area contributed by atoms with Crippen molar-refractivity contribution >= 4 is 16.8 Å². The Balaban J connectivity index is 2.30. The van der Waals surface area contributed by atoms with Crippen LogP contribution in [-0.2, 0) is 0 Å². The minimum Gasteiger partial charge on any atom is -0.428 e. The van der Waals surface area contributed by atoms with Gasteiger partial charge in [0.05, 0.1) is 0 Å². The van der Waals surface area contributed by atoms with E-state index in [1.165, 1.54) is 10.8 Å². The van der Waals surface area contributed by atoms with Gasteiger partial charge in [0, 0.05) is 11.5 Å². The SMILES string of the molecule is CC(C)c1oc(N)nc1-c1cccc2ccccc12. The van der Waals surface area contributed by atoms with E-state index in [-0.39, 0.29) is 11.9 Å². The molecule has 0 unspecified atom stereocenters. The van der Waals surface area contributed by atoms with Crippen LogP contribution in [0.1, 0.15) is 25.5 Å². The molecule has 0 radical (unpaired) electrons. The van der Waals surface area contributed by atoms with Crippen molar-refractivity contribution in [3.8, 4) is 11.3 Å². The van der Waals surface area contributed by atoms with Gasteiger partial charge in [0.25, 0.3) is 6.01 Å². The maximum atomic E-state index is 5.72. The normalized spacial score (nSPS) is 11.3. The smallest absolute Gasteiger partial charge is 0.292 e. The van der Waals surface area contributed by atoms with E-state index in [0.717, 1.165) is 17.0 Å². The van der Waals surface area contributed by atoms with Crippen molar-refractivity contribution in [2.75, 3.05) is 5.73 Å². The minimum absolute atomic E-state index is 0.228. The molecule has 0 aliphatic heterocycles. The highest BCUT2D eigenvalue weighted by Gasteiger charge is 2.18. The number of aromatic nitrogens is 1. The molecule has 96 valence electrons. The number of benzene rings is 2. The summed E-state index contributed by atoms with van der Waals surface area (Å²) >= 11 is 0. The van der Waals surface area contributed by atoms with Gasteiger partial charge in [-0.1, -0.05) is 56.3 Å². The zero-order valence-electron chi connectivity index (χ0n) is 11.1. The van der Waals surface area contributed by atoms with Crippen LogP contribution in [0.5, 0.6) is 0 Å². The summed E-state index contributed by atoms with van der Waals surface area (Å²) in [4.78, 5) is 4.36. The van der Waals surface area contributed by atoms with Crippen molar-refractivity contribution in [2.45, 2.75) is 19.8 Å². The van der Waals surface area contributed by atoms with Crippen LogP contribution < -0.4 is 5.73 Å². The topological polar surface area (TPSA) is 52.0 Å². The molecule has 3 aromatic rings. The maximum Gasteiger partial charge on any atom is 0.292 e. The molecule has 0 amide bonds. The van der Waals surface area contributed by atoms with Crippen LogP contribution >= 0.6 is 0 Å². The number of oxazole rings is 1. The summed E-state index contributed by atoms with van der Waals surface area (Å²) in [5.74, 6) is 1.09. The molecule has 0 saturated heterocycles. The quantitative estimate of drug-likeness (QED) is 0.743. The molecule has 0 bridgehead atoms. The highest BCUT2D eigenvalue weighted by atomic mass is 16.4. The highest BCUT2D eigenvalue weighted by molar-refractivity contribution is 5.96. The van der Waals surface area contributed by atoms with Crippen molar-refractivity contribution in [3.05, 3.63) is 48.2 Å². The third-order valence-electron chi connectivity index (χ3n) is 3.24. The van der Waals surface area contributed by atoms with Crippen molar-refractivity contribution in [1.29, 1.82) is 0 Å². The van der Waals surface area contributed by atoms with Gasteiger partial charge in [0.15, 0.2) is 0 Å². The number of hydrogen-bond donors (Lipinski definition) is 1. The second-order valence-corrected chi connectivity index (χ2v) is 4.95. The van der Waals surface area contributed by atoms with Crippen LogP contribution in [0, 0.1) is 0 Å². The van der Waals surface area contributed by atoms with E-state index < -0.39 is 0 Å². The molecular formula is C16H16N2O. The van der Waals surface area contributed by atoms with Gasteiger partial charge in [-0.15, -0.1) is 0 Å². The molecule has 19 heavy (non-hydrogen) atoms. The van der Waals surface area contributed by atoms with Gasteiger partial charge in [0.1, 0.15) is 11.5 Å². The van der Waals surface area contributed by atoms with Crippen LogP contribution in [0.4, 0.5) is 6.01 Å². The van der Waals surface area contributed by atoms with Crippen LogP contribution in [0.2, 0.25) is 0 Å². The van der Waals surface area contributed by atoms with Gasteiger partial charge in [-0.25, -0.2) is 0 Å². The molecule has 2 aromatic carbocycles. The molecule has 0 atom stereocenters. The molecule has 0 saturated carbocycles. The molecule has 0 aliphatic rings. The lowest BCUT2D eigenvalue weighted by Crippen LogP contribution is -1.90. The lowest BCUT2D eigenvalue weighted by Gasteiger charge is -2.07. The molecule has 0 fully saturated rings. The van der Waals surface area contributed by atoms with Gasteiger partial charge in [0.2, 0.25) is 0 Å². The van der Waals surface area contributed by atoms with Gasteiger partial charge in [-0.3, -0.25) is 0 Å². The van der Waals surface area contributed by atoms with Crippen LogP contribution in [0.3, 0.4) is 0 Å². The summed E-state index contributed by atoms with van der Waals surface area (Å²) < 4.78 is 5.55. The third kappa shape index (κ3) is 1.97. The van der Waals surface area contributed by atoms with E-state index in [1.54, 1.807) is 0 Å². The van der Waals surface area contributed by atoms with E-state index in [9.17, 15) is 0 Å². The molecule has 1 aromatic heterocycles. The molecule has 0 spiro atoms. The maximum absolute atomic E-state index is 5.72. The average Bonchev–Trinajstić information content (AvgIpc) is 2.80. The fraction of sp³-hybridized carbons (Fsp3) is 0.188. The van der Waals surface area contributed by atoms with Crippen molar-refractivity contribution < 1.29 is 4.42 Å². The first-order valence-corrected chi connectivity index (χ1v) is 6.41. The van der Waals surface area contributed by atoms with Crippen LogP contribution in [0.25, 0.3) is 22.0 Å². The van der Waals surface area contributed by atoms with Crippen LogP contribution in [-0.4, -0.2) is 4.98 Å². The molecule has 3 rings (SSSR count). The fourth-order valence-corrected chi connectivity index (χ4v) is 2.37. The van der Waals surface area contributed by atoms with Gasteiger partial charge in [-0.2, -0.15) is 4.98 Å². The monoisotopic (exact) mass is 252 g/mol. The first kappa shape index (κ1) is 11.8. The lowest BCUT2D eigenvalue weighted by molar-refractivity contribution is 0.500. The summed E-state index contributed by atoms with van der Waals surface area (Å²) in [6, 6.07) is 14.7. The number of fused-ring (bicyclic) bond motifs is 1. The first-order valence-electron chi connectivity index (χ1n) is 6.41. The minimum atomic E-state index is 0.228. The summed E-state index contributed by atoms with van der Waals surface area (Å²) in [7, 11) is 0. The largest absolute Gasteiger partial charge is 0.428 e. The van der Waals surface area contributed by atoms with E-state index in [1.807, 2.05) is 18.2 Å². The number of nitrogen functional groups attached to an aromatic ring is 1. The standard InChI is InChI=1S/C16H16N2O/c1-10(2)15-14(18-16(17)19-15)13-9-5-7-11-6-3-4-8-12(11)13/h3-10H,1-2H3,(H2,17,18). The molecule has 3 nitrogen and oxygen atoms in total. The molecule has 3 heteroatoms. The van der Waals surface area contributed by atoms with Crippen LogP contribution in [0.15, 0.2) is 46.9 Å². The number of anilines is 1. The molecule has 1 heterocycles. The Hall–Kier alpha value is -2.29. The predicted octanol–water partition coefficient (Wildman–Crippen LogP) is 4.20. The second kappa shape index (κ2) is 4.43. The number of hydrogen-bond acceptors (Lipinski definition) is 3. The summed E-state index contributed by atoms with van der Waals surface area (Å²) in [6.07, 6.45) is 0. The van der Waals surface area contributed by atoms with Gasteiger partial charge < -0.3 is 10.2 Å². The Bertz CT molecular complexity index is 723. The number of nitrogens with two attached hydrogens (primary N) is 1. The van der Waals surface area contributed by atoms with E-state index >= 15 is 0 Å². The fourth-order valence-electron chi connectivity index (χ4n) is 2.37. The first-order chi connectivity index (χ1) is 9.16. The third-order valence-corrected chi connectivity index (χ3v) is 3.24. The molecule has 2 N–H and O–H groups in total. The summed E-state index contributed by atoms with van der Waals surface area (Å²) in [6.45, 7) is 4.16. The second-order valence-electron chi connectivity index (χ2n) is 4.95. The van der Waals surface area contributed by atoms with Crippen molar-refractivity contribution in [3.63, 3.8) is 0 Å². The zero-order chi connectivity index (χ0) is 13.4. The summed E-state index contributed by atoms with van der Waals surface area (Å²) in [5, 5.41) is 2.36. The lowest BCUT2D eigenvalue weighted by atomic mass is 9.98. The van der Waals surface area contributed by atoms with Crippen molar-refractivity contribution in [1.82, 2.24) is 4.98 Å². The zero-order valence-corrected chi connectivity index (χ0v) is 11.1. The summed E-state index contributed by atoms with van der Waals surface area (Å²) in [5.41, 5.74) is 7.64. The number of rotatable bonds is 2. The molecule has 0 aliphatic carbocycles. The Morgan fingerprint density at radius 1 is 1.05 bits per heavy atom. The predicted molar refractivity (Wildman–Crippen MR) is 77.9 cm³/mol. The molecular weight excluding hydrogens is 236 g/mol. The Labute approximate surface area is 112 Å². The van der Waals surface area contributed by atoms with E-state index in [0.29, 0.717) is 0 Å². The van der Waals surface area contributed by atoms with E-state index in [2.05, 4.69) is 43.1 Å².